The fraction of sp³-hybridized carbons (Fsp3) is 0.556. The Morgan fingerprint density at radius 1 is 1.20 bits per heavy atom. The normalized spacial score (nSPS) is 18.8. The minimum atomic E-state index is 0.695. The summed E-state index contributed by atoms with van der Waals surface area (Å²) in [5, 5.41) is 21.9. The second-order valence-corrected chi connectivity index (χ2v) is 6.76. The highest BCUT2D eigenvalue weighted by Gasteiger charge is 2.19. The molecule has 1 saturated heterocycles. The number of benzene rings is 1. The van der Waals surface area contributed by atoms with Crippen LogP contribution in [0.2, 0.25) is 0 Å². The molecular formula is C18H25N7. The molecule has 4 rings (SSSR count). The number of nitrogens with zero attached hydrogens (tertiary/aromatic N) is 6. The van der Waals surface area contributed by atoms with Gasteiger partial charge >= 0.3 is 0 Å². The van der Waals surface area contributed by atoms with E-state index in [1.807, 2.05) is 18.2 Å². The van der Waals surface area contributed by atoms with E-state index in [4.69, 9.17) is 0 Å². The molecule has 3 aromatic rings. The lowest BCUT2D eigenvalue weighted by Crippen LogP contribution is -2.40. The number of hydrogen-bond acceptors (Lipinski definition) is 6. The Morgan fingerprint density at radius 3 is 2.96 bits per heavy atom. The summed E-state index contributed by atoms with van der Waals surface area (Å²) in [7, 11) is 0. The van der Waals surface area contributed by atoms with E-state index < -0.39 is 0 Å². The first-order chi connectivity index (χ1) is 12.4. The quantitative estimate of drug-likeness (QED) is 0.696. The third-order valence-electron chi connectivity index (χ3n) is 5.21. The molecule has 1 unspecified atom stereocenters. The average molecular weight is 339 g/mol. The van der Waals surface area contributed by atoms with Crippen LogP contribution in [0.3, 0.4) is 0 Å². The lowest BCUT2D eigenvalue weighted by molar-refractivity contribution is 0.144. The Labute approximate surface area is 147 Å². The van der Waals surface area contributed by atoms with Crippen LogP contribution < -0.4 is 5.32 Å². The van der Waals surface area contributed by atoms with E-state index in [2.05, 4.69) is 43.8 Å². The topological polar surface area (TPSA) is 71.2 Å². The van der Waals surface area contributed by atoms with Gasteiger partial charge in [0.2, 0.25) is 5.65 Å². The van der Waals surface area contributed by atoms with Crippen LogP contribution in [0, 0.1) is 0 Å². The van der Waals surface area contributed by atoms with Crippen LogP contribution in [0.5, 0.6) is 0 Å². The van der Waals surface area contributed by atoms with Crippen molar-refractivity contribution in [2.24, 2.45) is 0 Å². The summed E-state index contributed by atoms with van der Waals surface area (Å²) in [5.74, 6) is 0.848. The van der Waals surface area contributed by atoms with Gasteiger partial charge in [0.25, 0.3) is 0 Å². The molecular weight excluding hydrogens is 314 g/mol. The number of likely N-dealkylation sites (tertiary alicyclic amines) is 1. The van der Waals surface area contributed by atoms with Crippen molar-refractivity contribution in [3.05, 3.63) is 24.3 Å². The Kier molecular flexibility index (Phi) is 4.74. The second kappa shape index (κ2) is 7.31. The van der Waals surface area contributed by atoms with Crippen molar-refractivity contribution in [3.8, 4) is 0 Å². The Bertz CT molecular complexity index is 844. The Morgan fingerprint density at radius 2 is 2.08 bits per heavy atom. The molecule has 1 aliphatic heterocycles. The molecule has 0 amide bonds. The van der Waals surface area contributed by atoms with Crippen LogP contribution in [0.15, 0.2) is 24.3 Å². The van der Waals surface area contributed by atoms with E-state index in [1.165, 1.54) is 36.9 Å². The molecule has 0 aliphatic carbocycles. The fourth-order valence-corrected chi connectivity index (χ4v) is 3.88. The molecule has 25 heavy (non-hydrogen) atoms. The van der Waals surface area contributed by atoms with Gasteiger partial charge in [0.1, 0.15) is 0 Å². The Balaban J connectivity index is 1.44. The zero-order chi connectivity index (χ0) is 17.1. The lowest BCUT2D eigenvalue weighted by atomic mass is 10.00. The number of hydrogen-bond donors (Lipinski definition) is 1. The first-order valence-corrected chi connectivity index (χ1v) is 9.32. The molecule has 1 aromatic carbocycles. The molecule has 1 aliphatic rings. The minimum Gasteiger partial charge on any atom is -0.368 e. The van der Waals surface area contributed by atoms with Gasteiger partial charge in [-0.05, 0) is 42.7 Å². The average Bonchev–Trinajstić information content (AvgIpc) is 3.14. The van der Waals surface area contributed by atoms with Crippen LogP contribution in [0.1, 0.15) is 39.0 Å². The third-order valence-corrected chi connectivity index (χ3v) is 5.21. The van der Waals surface area contributed by atoms with Gasteiger partial charge in [0.05, 0.1) is 0 Å². The maximum Gasteiger partial charge on any atom is 0.207 e. The summed E-state index contributed by atoms with van der Waals surface area (Å²) >= 11 is 0. The summed E-state index contributed by atoms with van der Waals surface area (Å²) in [4.78, 5) is 2.65. The fourth-order valence-electron chi connectivity index (χ4n) is 3.88. The molecule has 1 fully saturated rings. The van der Waals surface area contributed by atoms with E-state index in [0.717, 1.165) is 42.1 Å². The zero-order valence-electron chi connectivity index (χ0n) is 14.7. The van der Waals surface area contributed by atoms with E-state index in [1.54, 1.807) is 0 Å². The standard InChI is InChI=1S/C18H25N7/c1-2-14-8-5-6-12-24(14)13-7-11-19-17-15-9-3-4-10-16(15)18-20-22-23-25(18)21-17/h3-4,9-10,14H,2,5-8,11-13H2,1H3,(H,19,21). The highest BCUT2D eigenvalue weighted by atomic mass is 15.6. The van der Waals surface area contributed by atoms with Crippen LogP contribution >= 0.6 is 0 Å². The predicted molar refractivity (Wildman–Crippen MR) is 98.7 cm³/mol. The van der Waals surface area contributed by atoms with E-state index in [0.29, 0.717) is 5.65 Å². The van der Waals surface area contributed by atoms with Gasteiger partial charge in [0, 0.05) is 29.9 Å². The number of aromatic nitrogens is 5. The third kappa shape index (κ3) is 3.28. The SMILES string of the molecule is CCC1CCCCN1CCCNc1nn2nnnc2c2ccccc12. The van der Waals surface area contributed by atoms with Crippen molar-refractivity contribution in [3.63, 3.8) is 0 Å². The van der Waals surface area contributed by atoms with Crippen LogP contribution in [-0.2, 0) is 0 Å². The summed E-state index contributed by atoms with van der Waals surface area (Å²) in [5.41, 5.74) is 0.695. The van der Waals surface area contributed by atoms with E-state index >= 15 is 0 Å². The number of rotatable bonds is 6. The molecule has 7 heteroatoms. The summed E-state index contributed by atoms with van der Waals surface area (Å²) in [6.07, 6.45) is 6.45. The van der Waals surface area contributed by atoms with Crippen molar-refractivity contribution < 1.29 is 0 Å². The zero-order valence-corrected chi connectivity index (χ0v) is 14.7. The van der Waals surface area contributed by atoms with Gasteiger partial charge in [-0.15, -0.1) is 14.8 Å². The maximum absolute atomic E-state index is 4.53. The molecule has 3 heterocycles. The van der Waals surface area contributed by atoms with Gasteiger partial charge in [-0.3, -0.25) is 0 Å². The van der Waals surface area contributed by atoms with Crippen LogP contribution in [0.4, 0.5) is 5.82 Å². The lowest BCUT2D eigenvalue weighted by Gasteiger charge is -2.35. The van der Waals surface area contributed by atoms with Crippen molar-refractivity contribution in [1.82, 2.24) is 30.2 Å². The summed E-state index contributed by atoms with van der Waals surface area (Å²) < 4.78 is 1.50. The largest absolute Gasteiger partial charge is 0.368 e. The van der Waals surface area contributed by atoms with Gasteiger partial charge in [-0.25, -0.2) is 0 Å². The van der Waals surface area contributed by atoms with Crippen molar-refractivity contribution in [2.75, 3.05) is 25.0 Å². The first kappa shape index (κ1) is 16.2. The van der Waals surface area contributed by atoms with Gasteiger partial charge < -0.3 is 10.2 Å². The molecule has 0 saturated carbocycles. The molecule has 2 aromatic heterocycles. The number of tetrazole rings is 1. The number of fused-ring (bicyclic) bond motifs is 3. The highest BCUT2D eigenvalue weighted by Crippen LogP contribution is 2.23. The van der Waals surface area contributed by atoms with Gasteiger partial charge in [0.15, 0.2) is 5.82 Å². The summed E-state index contributed by atoms with van der Waals surface area (Å²) in [6, 6.07) is 8.90. The molecule has 7 nitrogen and oxygen atoms in total. The number of nitrogens with one attached hydrogen (secondary N) is 1. The predicted octanol–water partition coefficient (Wildman–Crippen LogP) is 2.74. The van der Waals surface area contributed by atoms with Crippen LogP contribution in [-0.4, -0.2) is 55.8 Å². The van der Waals surface area contributed by atoms with Crippen LogP contribution in [0.25, 0.3) is 16.4 Å². The molecule has 0 radical (unpaired) electrons. The van der Waals surface area contributed by atoms with Crippen molar-refractivity contribution in [1.29, 1.82) is 0 Å². The number of piperidine rings is 1. The smallest absolute Gasteiger partial charge is 0.207 e. The number of anilines is 1. The monoisotopic (exact) mass is 339 g/mol. The maximum atomic E-state index is 4.53. The molecule has 0 bridgehead atoms. The van der Waals surface area contributed by atoms with E-state index in [-0.39, 0.29) is 0 Å². The van der Waals surface area contributed by atoms with Gasteiger partial charge in [-0.1, -0.05) is 37.6 Å². The molecule has 132 valence electrons. The summed E-state index contributed by atoms with van der Waals surface area (Å²) in [6.45, 7) is 5.60. The van der Waals surface area contributed by atoms with E-state index in [9.17, 15) is 0 Å². The molecule has 0 spiro atoms. The molecule has 1 atom stereocenters. The second-order valence-electron chi connectivity index (χ2n) is 6.76. The Hall–Kier alpha value is -2.28. The minimum absolute atomic E-state index is 0.695. The van der Waals surface area contributed by atoms with Crippen molar-refractivity contribution >= 4 is 22.2 Å². The molecule has 1 N–H and O–H groups in total. The highest BCUT2D eigenvalue weighted by molar-refractivity contribution is 5.99. The van der Waals surface area contributed by atoms with Crippen molar-refractivity contribution in [2.45, 2.75) is 45.1 Å². The van der Waals surface area contributed by atoms with Gasteiger partial charge in [-0.2, -0.15) is 0 Å². The first-order valence-electron chi connectivity index (χ1n) is 9.32.